The molecule has 2 aromatic rings. The lowest BCUT2D eigenvalue weighted by Gasteiger charge is -2.10. The van der Waals surface area contributed by atoms with Gasteiger partial charge in [0.1, 0.15) is 11.6 Å². The van der Waals surface area contributed by atoms with E-state index in [1.807, 2.05) is 6.07 Å². The summed E-state index contributed by atoms with van der Waals surface area (Å²) in [5.74, 6) is -1.37. The average molecular weight is 271 g/mol. The maximum atomic E-state index is 13.9. The fraction of sp³-hybridized carbons (Fsp3) is 0.0667. The van der Waals surface area contributed by atoms with Crippen molar-refractivity contribution >= 4 is 5.97 Å². The van der Waals surface area contributed by atoms with Crippen molar-refractivity contribution in [2.45, 2.75) is 0 Å². The molecule has 0 spiro atoms. The molecule has 1 N–H and O–H groups in total. The number of ether oxygens (including phenoxy) is 1. The zero-order chi connectivity index (χ0) is 14.7. The third kappa shape index (κ3) is 2.45. The van der Waals surface area contributed by atoms with Gasteiger partial charge in [0.05, 0.1) is 24.3 Å². The van der Waals surface area contributed by atoms with E-state index in [1.54, 1.807) is 0 Å². The number of rotatable bonds is 3. The lowest BCUT2D eigenvalue weighted by molar-refractivity contribution is 0.0696. The van der Waals surface area contributed by atoms with Gasteiger partial charge in [-0.1, -0.05) is 0 Å². The zero-order valence-electron chi connectivity index (χ0n) is 10.6. The number of carboxylic acids is 1. The van der Waals surface area contributed by atoms with E-state index in [4.69, 9.17) is 15.1 Å². The zero-order valence-corrected chi connectivity index (χ0v) is 10.6. The highest BCUT2D eigenvalue weighted by Gasteiger charge is 2.14. The van der Waals surface area contributed by atoms with Gasteiger partial charge in [-0.25, -0.2) is 9.18 Å². The molecule has 0 aromatic heterocycles. The predicted octanol–water partition coefficient (Wildman–Crippen LogP) is 3.07. The number of hydrogen-bond donors (Lipinski definition) is 1. The quantitative estimate of drug-likeness (QED) is 0.931. The summed E-state index contributed by atoms with van der Waals surface area (Å²) in [5, 5.41) is 17.8. The van der Waals surface area contributed by atoms with Crippen LogP contribution in [0.5, 0.6) is 5.75 Å². The second-order valence-electron chi connectivity index (χ2n) is 4.03. The van der Waals surface area contributed by atoms with Crippen molar-refractivity contribution in [2.24, 2.45) is 0 Å². The second-order valence-corrected chi connectivity index (χ2v) is 4.03. The summed E-state index contributed by atoms with van der Waals surface area (Å²) < 4.78 is 19.0. The van der Waals surface area contributed by atoms with Crippen molar-refractivity contribution in [3.8, 4) is 22.9 Å². The second kappa shape index (κ2) is 5.41. The summed E-state index contributed by atoms with van der Waals surface area (Å²) in [7, 11) is 1.37. The molecule has 100 valence electrons. The molecular formula is C15H10FNO3. The fourth-order valence-corrected chi connectivity index (χ4v) is 1.85. The predicted molar refractivity (Wildman–Crippen MR) is 70.1 cm³/mol. The smallest absolute Gasteiger partial charge is 0.335 e. The lowest BCUT2D eigenvalue weighted by atomic mass is 10.00. The molecule has 2 aromatic carbocycles. The van der Waals surface area contributed by atoms with Crippen LogP contribution < -0.4 is 4.74 Å². The first-order valence-electron chi connectivity index (χ1n) is 5.68. The van der Waals surface area contributed by atoms with Gasteiger partial charge >= 0.3 is 5.97 Å². The number of methoxy groups -OCH3 is 1. The number of halogens is 1. The molecule has 0 saturated carbocycles. The molecule has 0 aliphatic carbocycles. The van der Waals surface area contributed by atoms with Crippen LogP contribution in [0.3, 0.4) is 0 Å². The van der Waals surface area contributed by atoms with E-state index in [2.05, 4.69) is 0 Å². The van der Waals surface area contributed by atoms with Crippen LogP contribution in [-0.2, 0) is 0 Å². The molecule has 20 heavy (non-hydrogen) atoms. The number of benzene rings is 2. The van der Waals surface area contributed by atoms with E-state index in [0.29, 0.717) is 11.1 Å². The number of nitrogens with zero attached hydrogens (tertiary/aromatic N) is 1. The topological polar surface area (TPSA) is 70.3 Å². The monoisotopic (exact) mass is 271 g/mol. The summed E-state index contributed by atoms with van der Waals surface area (Å²) in [4.78, 5) is 10.9. The summed E-state index contributed by atoms with van der Waals surface area (Å²) in [6, 6.07) is 10.0. The number of carbonyl (C=O) groups is 1. The third-order valence-corrected chi connectivity index (χ3v) is 2.83. The van der Waals surface area contributed by atoms with E-state index in [-0.39, 0.29) is 16.9 Å². The average Bonchev–Trinajstić information content (AvgIpc) is 2.47. The number of carboxylic acid groups (broad SMARTS) is 1. The van der Waals surface area contributed by atoms with Crippen molar-refractivity contribution in [2.75, 3.05) is 7.11 Å². The van der Waals surface area contributed by atoms with Crippen molar-refractivity contribution < 1.29 is 19.0 Å². The van der Waals surface area contributed by atoms with Crippen LogP contribution in [0, 0.1) is 17.1 Å². The van der Waals surface area contributed by atoms with Crippen molar-refractivity contribution in [1.29, 1.82) is 5.26 Å². The molecule has 2 rings (SSSR count). The fourth-order valence-electron chi connectivity index (χ4n) is 1.85. The molecule has 0 radical (unpaired) electrons. The Balaban J connectivity index is 2.64. The molecular weight excluding hydrogens is 261 g/mol. The number of nitriles is 1. The van der Waals surface area contributed by atoms with Gasteiger partial charge in [0.25, 0.3) is 0 Å². The van der Waals surface area contributed by atoms with Gasteiger partial charge in [-0.2, -0.15) is 5.26 Å². The SMILES string of the molecule is COc1cc(C(=O)O)ccc1-c1cc(C#N)ccc1F. The van der Waals surface area contributed by atoms with Crippen molar-refractivity contribution in [3.63, 3.8) is 0 Å². The molecule has 5 heteroatoms. The Kier molecular flexibility index (Phi) is 3.67. The number of aromatic carboxylic acids is 1. The Morgan fingerprint density at radius 2 is 2.00 bits per heavy atom. The van der Waals surface area contributed by atoms with Crippen LogP contribution >= 0.6 is 0 Å². The molecule has 0 aliphatic rings. The highest BCUT2D eigenvalue weighted by molar-refractivity contribution is 5.89. The highest BCUT2D eigenvalue weighted by Crippen LogP contribution is 2.33. The van der Waals surface area contributed by atoms with Crippen LogP contribution in [0.2, 0.25) is 0 Å². The van der Waals surface area contributed by atoms with Crippen LogP contribution in [0.15, 0.2) is 36.4 Å². The van der Waals surface area contributed by atoms with Crippen LogP contribution in [0.4, 0.5) is 4.39 Å². The minimum absolute atomic E-state index is 0.0439. The molecule has 0 aliphatic heterocycles. The van der Waals surface area contributed by atoms with Gasteiger partial charge in [-0.05, 0) is 36.4 Å². The minimum atomic E-state index is -1.10. The third-order valence-electron chi connectivity index (χ3n) is 2.83. The van der Waals surface area contributed by atoms with Crippen molar-refractivity contribution in [1.82, 2.24) is 0 Å². The van der Waals surface area contributed by atoms with Gasteiger partial charge in [-0.15, -0.1) is 0 Å². The highest BCUT2D eigenvalue weighted by atomic mass is 19.1. The van der Waals surface area contributed by atoms with E-state index >= 15 is 0 Å². The van der Waals surface area contributed by atoms with Gasteiger partial charge in [0.15, 0.2) is 0 Å². The van der Waals surface area contributed by atoms with Crippen LogP contribution in [0.25, 0.3) is 11.1 Å². The molecule has 0 fully saturated rings. The molecule has 0 saturated heterocycles. The van der Waals surface area contributed by atoms with E-state index in [9.17, 15) is 9.18 Å². The Morgan fingerprint density at radius 3 is 2.60 bits per heavy atom. The Labute approximate surface area is 114 Å². The van der Waals surface area contributed by atoms with Crippen molar-refractivity contribution in [3.05, 3.63) is 53.3 Å². The Bertz CT molecular complexity index is 720. The van der Waals surface area contributed by atoms with E-state index in [0.717, 1.165) is 0 Å². The number of hydrogen-bond acceptors (Lipinski definition) is 3. The first-order chi connectivity index (χ1) is 9.56. The Morgan fingerprint density at radius 1 is 1.25 bits per heavy atom. The first kappa shape index (κ1) is 13.6. The molecule has 0 bridgehead atoms. The van der Waals surface area contributed by atoms with Gasteiger partial charge in [0.2, 0.25) is 0 Å². The summed E-state index contributed by atoms with van der Waals surface area (Å²) in [6.45, 7) is 0. The molecule has 0 heterocycles. The molecule has 0 amide bonds. The van der Waals surface area contributed by atoms with Gasteiger partial charge in [0, 0.05) is 11.1 Å². The molecule has 0 atom stereocenters. The molecule has 0 unspecified atom stereocenters. The standard InChI is InChI=1S/C15H10FNO3/c1-20-14-7-10(15(18)19)3-4-11(14)12-6-9(8-17)2-5-13(12)16/h2-7H,1H3,(H,18,19). The van der Waals surface area contributed by atoms with E-state index < -0.39 is 11.8 Å². The normalized spacial score (nSPS) is 9.85. The molecule has 4 nitrogen and oxygen atoms in total. The maximum Gasteiger partial charge on any atom is 0.335 e. The van der Waals surface area contributed by atoms with Gasteiger partial charge < -0.3 is 9.84 Å². The first-order valence-corrected chi connectivity index (χ1v) is 5.68. The summed E-state index contributed by atoms with van der Waals surface area (Å²) >= 11 is 0. The summed E-state index contributed by atoms with van der Waals surface area (Å²) in [5.41, 5.74) is 0.943. The van der Waals surface area contributed by atoms with Crippen LogP contribution in [-0.4, -0.2) is 18.2 Å². The van der Waals surface area contributed by atoms with Gasteiger partial charge in [-0.3, -0.25) is 0 Å². The maximum absolute atomic E-state index is 13.9. The van der Waals surface area contributed by atoms with E-state index in [1.165, 1.54) is 43.5 Å². The van der Waals surface area contributed by atoms with Crippen LogP contribution in [0.1, 0.15) is 15.9 Å². The summed E-state index contributed by atoms with van der Waals surface area (Å²) in [6.07, 6.45) is 0. The lowest BCUT2D eigenvalue weighted by Crippen LogP contribution is -1.98. The minimum Gasteiger partial charge on any atom is -0.496 e. The Hall–Kier alpha value is -2.87. The largest absolute Gasteiger partial charge is 0.496 e.